The van der Waals surface area contributed by atoms with Crippen LogP contribution in [0.2, 0.25) is 0 Å². The largest absolute Gasteiger partial charge is 0.382 e. The third-order valence-corrected chi connectivity index (χ3v) is 3.20. The molecule has 1 N–H and O–H groups in total. The molecule has 1 heterocycles. The summed E-state index contributed by atoms with van der Waals surface area (Å²) < 4.78 is 15.6. The van der Waals surface area contributed by atoms with Crippen molar-refractivity contribution in [1.29, 1.82) is 0 Å². The highest BCUT2D eigenvalue weighted by molar-refractivity contribution is 4.98. The number of nitrogens with zero attached hydrogens (tertiary/aromatic N) is 2. The molecule has 0 radical (unpaired) electrons. The molecule has 0 amide bonds. The molecule has 110 valence electrons. The highest BCUT2D eigenvalue weighted by Gasteiger charge is 2.22. The SMILES string of the molecule is CCC(c1nc(CCOCCOC)no1)C(C)NC. The lowest BCUT2D eigenvalue weighted by atomic mass is 9.98. The van der Waals surface area contributed by atoms with Gasteiger partial charge in [0.1, 0.15) is 0 Å². The first-order chi connectivity index (χ1) is 9.22. The second-order valence-electron chi connectivity index (χ2n) is 4.50. The van der Waals surface area contributed by atoms with E-state index in [9.17, 15) is 0 Å². The Morgan fingerprint density at radius 3 is 2.74 bits per heavy atom. The summed E-state index contributed by atoms with van der Waals surface area (Å²) in [5.41, 5.74) is 0. The summed E-state index contributed by atoms with van der Waals surface area (Å²) in [5, 5.41) is 7.22. The summed E-state index contributed by atoms with van der Waals surface area (Å²) in [7, 11) is 3.59. The number of rotatable bonds is 10. The summed E-state index contributed by atoms with van der Waals surface area (Å²) in [5.74, 6) is 1.66. The Morgan fingerprint density at radius 2 is 2.11 bits per heavy atom. The Kier molecular flexibility index (Phi) is 7.62. The van der Waals surface area contributed by atoms with Gasteiger partial charge in [0.05, 0.1) is 25.7 Å². The lowest BCUT2D eigenvalue weighted by Gasteiger charge is -2.17. The summed E-state index contributed by atoms with van der Waals surface area (Å²) in [6.07, 6.45) is 1.63. The average Bonchev–Trinajstić information content (AvgIpc) is 2.87. The van der Waals surface area contributed by atoms with Crippen molar-refractivity contribution in [2.24, 2.45) is 0 Å². The molecule has 0 saturated heterocycles. The molecule has 1 aromatic rings. The maximum atomic E-state index is 5.38. The van der Waals surface area contributed by atoms with Crippen LogP contribution in [0.1, 0.15) is 37.9 Å². The number of methoxy groups -OCH3 is 1. The quantitative estimate of drug-likeness (QED) is 0.648. The third-order valence-electron chi connectivity index (χ3n) is 3.20. The van der Waals surface area contributed by atoms with E-state index in [4.69, 9.17) is 14.0 Å². The van der Waals surface area contributed by atoms with Crippen LogP contribution in [0.3, 0.4) is 0 Å². The van der Waals surface area contributed by atoms with Crippen molar-refractivity contribution in [1.82, 2.24) is 15.5 Å². The van der Waals surface area contributed by atoms with E-state index in [0.29, 0.717) is 44.0 Å². The summed E-state index contributed by atoms with van der Waals surface area (Å²) in [4.78, 5) is 4.44. The first kappa shape index (κ1) is 16.1. The second kappa shape index (κ2) is 9.01. The van der Waals surface area contributed by atoms with Crippen molar-refractivity contribution in [2.45, 2.75) is 38.6 Å². The van der Waals surface area contributed by atoms with Gasteiger partial charge in [-0.2, -0.15) is 4.98 Å². The topological polar surface area (TPSA) is 69.4 Å². The summed E-state index contributed by atoms with van der Waals surface area (Å²) in [6.45, 7) is 6.02. The highest BCUT2D eigenvalue weighted by atomic mass is 16.5. The predicted molar refractivity (Wildman–Crippen MR) is 72.3 cm³/mol. The summed E-state index contributed by atoms with van der Waals surface area (Å²) >= 11 is 0. The minimum Gasteiger partial charge on any atom is -0.382 e. The highest BCUT2D eigenvalue weighted by Crippen LogP contribution is 2.21. The molecule has 0 aliphatic heterocycles. The number of hydrogen-bond donors (Lipinski definition) is 1. The van der Waals surface area contributed by atoms with Crippen molar-refractivity contribution in [3.8, 4) is 0 Å². The van der Waals surface area contributed by atoms with E-state index in [1.807, 2.05) is 7.05 Å². The van der Waals surface area contributed by atoms with Crippen LogP contribution in [0.4, 0.5) is 0 Å². The average molecular weight is 271 g/mol. The minimum atomic E-state index is 0.251. The van der Waals surface area contributed by atoms with Crippen molar-refractivity contribution >= 4 is 0 Å². The van der Waals surface area contributed by atoms with E-state index in [1.54, 1.807) is 7.11 Å². The van der Waals surface area contributed by atoms with Crippen molar-refractivity contribution in [3.63, 3.8) is 0 Å². The zero-order valence-corrected chi connectivity index (χ0v) is 12.3. The van der Waals surface area contributed by atoms with Gasteiger partial charge >= 0.3 is 0 Å². The van der Waals surface area contributed by atoms with Crippen molar-refractivity contribution in [2.75, 3.05) is 34.0 Å². The Balaban J connectivity index is 2.42. The molecule has 6 nitrogen and oxygen atoms in total. The lowest BCUT2D eigenvalue weighted by Crippen LogP contribution is -2.28. The van der Waals surface area contributed by atoms with E-state index in [0.717, 1.165) is 6.42 Å². The number of aromatic nitrogens is 2. The van der Waals surface area contributed by atoms with Crippen molar-refractivity contribution < 1.29 is 14.0 Å². The van der Waals surface area contributed by atoms with Gasteiger partial charge in [0.15, 0.2) is 5.82 Å². The van der Waals surface area contributed by atoms with Gasteiger partial charge in [-0.15, -0.1) is 0 Å². The van der Waals surface area contributed by atoms with E-state index < -0.39 is 0 Å². The molecule has 0 aromatic carbocycles. The Bertz CT molecular complexity index is 344. The van der Waals surface area contributed by atoms with Gasteiger partial charge in [0.2, 0.25) is 5.89 Å². The molecule has 0 fully saturated rings. The molecular weight excluding hydrogens is 246 g/mol. The molecule has 6 heteroatoms. The minimum absolute atomic E-state index is 0.251. The fourth-order valence-corrected chi connectivity index (χ4v) is 1.87. The van der Waals surface area contributed by atoms with Crippen LogP contribution >= 0.6 is 0 Å². The first-order valence-electron chi connectivity index (χ1n) is 6.79. The van der Waals surface area contributed by atoms with Crippen molar-refractivity contribution in [3.05, 3.63) is 11.7 Å². The van der Waals surface area contributed by atoms with Crippen LogP contribution in [-0.2, 0) is 15.9 Å². The molecule has 0 bridgehead atoms. The number of nitrogens with one attached hydrogen (secondary N) is 1. The standard InChI is InChI=1S/C13H25N3O3/c1-5-11(10(2)14-3)13-15-12(16-19-13)6-7-18-9-8-17-4/h10-11,14H,5-9H2,1-4H3. The Labute approximate surface area is 114 Å². The van der Waals surface area contributed by atoms with Crippen LogP contribution in [0.15, 0.2) is 4.52 Å². The zero-order chi connectivity index (χ0) is 14.1. The number of hydrogen-bond acceptors (Lipinski definition) is 6. The summed E-state index contributed by atoms with van der Waals surface area (Å²) in [6, 6.07) is 0.316. The van der Waals surface area contributed by atoms with Gasteiger partial charge < -0.3 is 19.3 Å². The van der Waals surface area contributed by atoms with Crippen LogP contribution in [0.5, 0.6) is 0 Å². The van der Waals surface area contributed by atoms with Crippen LogP contribution in [-0.4, -0.2) is 50.2 Å². The van der Waals surface area contributed by atoms with Gasteiger partial charge in [0.25, 0.3) is 0 Å². The molecule has 1 aromatic heterocycles. The third kappa shape index (κ3) is 5.26. The molecule has 0 aliphatic rings. The Hall–Kier alpha value is -0.980. The normalized spacial score (nSPS) is 14.5. The van der Waals surface area contributed by atoms with Gasteiger partial charge in [-0.25, -0.2) is 0 Å². The Morgan fingerprint density at radius 1 is 1.32 bits per heavy atom. The van der Waals surface area contributed by atoms with E-state index in [1.165, 1.54) is 0 Å². The molecular formula is C13H25N3O3. The fraction of sp³-hybridized carbons (Fsp3) is 0.846. The van der Waals surface area contributed by atoms with Gasteiger partial charge in [0, 0.05) is 19.6 Å². The number of ether oxygens (including phenoxy) is 2. The van der Waals surface area contributed by atoms with E-state index in [2.05, 4.69) is 29.3 Å². The second-order valence-corrected chi connectivity index (χ2v) is 4.50. The van der Waals surface area contributed by atoms with Gasteiger partial charge in [-0.3, -0.25) is 0 Å². The van der Waals surface area contributed by atoms with E-state index >= 15 is 0 Å². The maximum absolute atomic E-state index is 5.38. The smallest absolute Gasteiger partial charge is 0.231 e. The monoisotopic (exact) mass is 271 g/mol. The van der Waals surface area contributed by atoms with E-state index in [-0.39, 0.29) is 5.92 Å². The van der Waals surface area contributed by atoms with Crippen LogP contribution in [0.25, 0.3) is 0 Å². The zero-order valence-electron chi connectivity index (χ0n) is 12.3. The molecule has 2 atom stereocenters. The molecule has 2 unspecified atom stereocenters. The lowest BCUT2D eigenvalue weighted by molar-refractivity contribution is 0.0714. The number of likely N-dealkylation sites (N-methyl/N-ethyl adjacent to an activating group) is 1. The van der Waals surface area contributed by atoms with Crippen LogP contribution < -0.4 is 5.32 Å². The molecule has 19 heavy (non-hydrogen) atoms. The molecule has 0 saturated carbocycles. The first-order valence-corrected chi connectivity index (χ1v) is 6.79. The fourth-order valence-electron chi connectivity index (χ4n) is 1.87. The van der Waals surface area contributed by atoms with Gasteiger partial charge in [-0.05, 0) is 20.4 Å². The molecule has 1 rings (SSSR count). The molecule has 0 aliphatic carbocycles. The van der Waals surface area contributed by atoms with Gasteiger partial charge in [-0.1, -0.05) is 12.1 Å². The predicted octanol–water partition coefficient (Wildman–Crippen LogP) is 1.38. The molecule has 0 spiro atoms. The van der Waals surface area contributed by atoms with Crippen LogP contribution in [0, 0.1) is 0 Å². The maximum Gasteiger partial charge on any atom is 0.231 e.